The Morgan fingerprint density at radius 1 is 0.882 bits per heavy atom. The molecule has 4 aromatic rings. The summed E-state index contributed by atoms with van der Waals surface area (Å²) < 4.78 is 19.1. The lowest BCUT2D eigenvalue weighted by Gasteiger charge is -2.43. The van der Waals surface area contributed by atoms with Crippen molar-refractivity contribution in [3.05, 3.63) is 136 Å². The largest absolute Gasteiger partial charge is 0.496 e. The minimum absolute atomic E-state index is 0. The van der Waals surface area contributed by atoms with Gasteiger partial charge in [-0.1, -0.05) is 91.7 Å². The molecule has 0 aromatic heterocycles. The van der Waals surface area contributed by atoms with E-state index in [0.717, 1.165) is 75.6 Å². The Labute approximate surface area is 317 Å². The standard InChI is InChI=1S/C43H54FN3O2.2ClH/c1-33-31-35-23-30-47-43(26-9-10-28-45,39(35)32-40(33)49-2)27-11-24-42(36-13-5-3-6-14-36,37-15-7-4-8-16-37)25-12-29-46-41(48)22-19-34-17-20-38(44)21-18-34;;/h3-8,13-18,20-21,31-32,47H,9-12,19,22-30,45H2,1-2H3,(H,46,48);2*1H. The molecule has 0 fully saturated rings. The number of aryl methyl sites for hydroxylation is 2. The molecule has 1 unspecified atom stereocenters. The average Bonchev–Trinajstić information content (AvgIpc) is 3.13. The lowest BCUT2D eigenvalue weighted by atomic mass is 9.66. The summed E-state index contributed by atoms with van der Waals surface area (Å²) in [6.45, 7) is 4.42. The Hall–Kier alpha value is -3.42. The van der Waals surface area contributed by atoms with Gasteiger partial charge in [-0.15, -0.1) is 24.8 Å². The number of nitrogens with two attached hydrogens (primary N) is 1. The van der Waals surface area contributed by atoms with Gasteiger partial charge in [-0.2, -0.15) is 0 Å². The number of nitrogens with one attached hydrogen (secondary N) is 2. The van der Waals surface area contributed by atoms with Crippen molar-refractivity contribution in [2.45, 2.75) is 88.5 Å². The quantitative estimate of drug-likeness (QED) is 0.0892. The second-order valence-electron chi connectivity index (χ2n) is 13.7. The molecule has 0 aliphatic carbocycles. The first-order valence-electron chi connectivity index (χ1n) is 18.1. The third-order valence-electron chi connectivity index (χ3n) is 10.6. The third-order valence-corrected chi connectivity index (χ3v) is 10.6. The van der Waals surface area contributed by atoms with Crippen molar-refractivity contribution in [1.82, 2.24) is 10.6 Å². The fourth-order valence-corrected chi connectivity index (χ4v) is 7.98. The van der Waals surface area contributed by atoms with Crippen molar-refractivity contribution >= 4 is 30.7 Å². The molecule has 1 aliphatic heterocycles. The Morgan fingerprint density at radius 3 is 2.14 bits per heavy atom. The zero-order chi connectivity index (χ0) is 34.5. The maximum absolute atomic E-state index is 13.3. The Morgan fingerprint density at radius 2 is 1.51 bits per heavy atom. The molecule has 276 valence electrons. The topological polar surface area (TPSA) is 76.4 Å². The van der Waals surface area contributed by atoms with Crippen LogP contribution in [0.2, 0.25) is 0 Å². The van der Waals surface area contributed by atoms with Crippen LogP contribution in [0.15, 0.2) is 97.1 Å². The fourth-order valence-electron chi connectivity index (χ4n) is 7.98. The van der Waals surface area contributed by atoms with Crippen LogP contribution in [0.5, 0.6) is 5.75 Å². The van der Waals surface area contributed by atoms with Crippen molar-refractivity contribution < 1.29 is 13.9 Å². The molecule has 8 heteroatoms. The van der Waals surface area contributed by atoms with E-state index in [4.69, 9.17) is 10.5 Å². The van der Waals surface area contributed by atoms with E-state index >= 15 is 0 Å². The summed E-state index contributed by atoms with van der Waals surface area (Å²) in [7, 11) is 1.77. The molecule has 1 amide bonds. The molecule has 0 saturated heterocycles. The second kappa shape index (κ2) is 20.6. The van der Waals surface area contributed by atoms with Crippen LogP contribution < -0.4 is 21.1 Å². The van der Waals surface area contributed by atoms with Gasteiger partial charge in [0.2, 0.25) is 5.91 Å². The molecule has 1 aliphatic rings. The summed E-state index contributed by atoms with van der Waals surface area (Å²) in [6.07, 6.45) is 9.91. The number of amides is 1. The van der Waals surface area contributed by atoms with Crippen molar-refractivity contribution in [2.75, 3.05) is 26.7 Å². The number of hydrogen-bond donors (Lipinski definition) is 3. The Balaban J connectivity index is 0.00000351. The minimum Gasteiger partial charge on any atom is -0.496 e. The van der Waals surface area contributed by atoms with Crippen LogP contribution in [0.1, 0.15) is 91.2 Å². The summed E-state index contributed by atoms with van der Waals surface area (Å²) in [6, 6.07) is 32.9. The highest BCUT2D eigenvalue weighted by atomic mass is 35.5. The molecule has 0 bridgehead atoms. The van der Waals surface area contributed by atoms with Gasteiger partial charge in [0, 0.05) is 30.5 Å². The van der Waals surface area contributed by atoms with Crippen LogP contribution in [0.4, 0.5) is 4.39 Å². The van der Waals surface area contributed by atoms with Gasteiger partial charge >= 0.3 is 0 Å². The lowest BCUT2D eigenvalue weighted by molar-refractivity contribution is -0.121. The Bertz CT molecular complexity index is 1580. The van der Waals surface area contributed by atoms with Gasteiger partial charge < -0.3 is 21.1 Å². The van der Waals surface area contributed by atoms with E-state index in [-0.39, 0.29) is 47.5 Å². The first-order chi connectivity index (χ1) is 23.9. The van der Waals surface area contributed by atoms with Crippen molar-refractivity contribution in [3.63, 3.8) is 0 Å². The van der Waals surface area contributed by atoms with Crippen molar-refractivity contribution in [3.8, 4) is 5.75 Å². The first kappa shape index (κ1) is 42.0. The highest BCUT2D eigenvalue weighted by molar-refractivity contribution is 5.85. The molecular weight excluding hydrogens is 680 g/mol. The lowest BCUT2D eigenvalue weighted by Crippen LogP contribution is -2.47. The average molecular weight is 737 g/mol. The molecule has 4 N–H and O–H groups in total. The number of methoxy groups -OCH3 is 1. The van der Waals surface area contributed by atoms with E-state index in [9.17, 15) is 9.18 Å². The summed E-state index contributed by atoms with van der Waals surface area (Å²) in [5.74, 6) is 0.722. The van der Waals surface area contributed by atoms with Gasteiger partial charge in [-0.25, -0.2) is 4.39 Å². The smallest absolute Gasteiger partial charge is 0.220 e. The number of carbonyl (C=O) groups excluding carboxylic acids is 1. The molecule has 5 rings (SSSR count). The number of halogens is 3. The van der Waals surface area contributed by atoms with E-state index in [1.54, 1.807) is 19.2 Å². The van der Waals surface area contributed by atoms with Gasteiger partial charge in [0.15, 0.2) is 0 Å². The van der Waals surface area contributed by atoms with Crippen molar-refractivity contribution in [2.24, 2.45) is 5.73 Å². The van der Waals surface area contributed by atoms with Gasteiger partial charge in [0.1, 0.15) is 11.6 Å². The summed E-state index contributed by atoms with van der Waals surface area (Å²) in [4.78, 5) is 12.8. The highest BCUT2D eigenvalue weighted by Gasteiger charge is 2.39. The summed E-state index contributed by atoms with van der Waals surface area (Å²) >= 11 is 0. The van der Waals surface area contributed by atoms with Crippen molar-refractivity contribution in [1.29, 1.82) is 0 Å². The van der Waals surface area contributed by atoms with Gasteiger partial charge in [-0.3, -0.25) is 4.79 Å². The SMILES string of the molecule is COc1cc2c(cc1C)CCNC2(CCCCN)CCCC(CCCNC(=O)CCc1ccc(F)cc1)(c1ccccc1)c1ccccc1.Cl.Cl. The van der Waals surface area contributed by atoms with Gasteiger partial charge in [0.25, 0.3) is 0 Å². The van der Waals surface area contributed by atoms with E-state index in [1.165, 1.54) is 39.9 Å². The first-order valence-corrected chi connectivity index (χ1v) is 18.1. The molecule has 4 aromatic carbocycles. The van der Waals surface area contributed by atoms with E-state index in [2.05, 4.69) is 90.4 Å². The maximum Gasteiger partial charge on any atom is 0.220 e. The third kappa shape index (κ3) is 10.8. The highest BCUT2D eigenvalue weighted by Crippen LogP contribution is 2.45. The number of rotatable bonds is 18. The number of benzene rings is 4. The van der Waals surface area contributed by atoms with Crippen LogP contribution in [-0.4, -0.2) is 32.7 Å². The monoisotopic (exact) mass is 735 g/mol. The van der Waals surface area contributed by atoms with Crippen LogP contribution in [0.3, 0.4) is 0 Å². The minimum atomic E-state index is -0.259. The van der Waals surface area contributed by atoms with E-state index < -0.39 is 0 Å². The molecule has 0 saturated carbocycles. The van der Waals surface area contributed by atoms with Gasteiger partial charge in [-0.05, 0) is 116 Å². The molecule has 0 spiro atoms. The number of carbonyl (C=O) groups is 1. The molecule has 1 heterocycles. The molecule has 51 heavy (non-hydrogen) atoms. The Kier molecular flexibility index (Phi) is 16.9. The number of fused-ring (bicyclic) bond motifs is 1. The molecule has 1 atom stereocenters. The maximum atomic E-state index is 13.3. The van der Waals surface area contributed by atoms with Crippen LogP contribution in [0.25, 0.3) is 0 Å². The van der Waals surface area contributed by atoms with E-state index in [1.807, 2.05) is 0 Å². The fraction of sp³-hybridized carbons (Fsp3) is 0.419. The molecular formula is C43H56Cl2FN3O2. The van der Waals surface area contributed by atoms with Crippen LogP contribution in [0, 0.1) is 12.7 Å². The summed E-state index contributed by atoms with van der Waals surface area (Å²) in [5, 5.41) is 7.18. The predicted octanol–water partition coefficient (Wildman–Crippen LogP) is 9.14. The zero-order valence-corrected chi connectivity index (χ0v) is 31.9. The second-order valence-corrected chi connectivity index (χ2v) is 13.7. The van der Waals surface area contributed by atoms with Crippen LogP contribution in [-0.2, 0) is 28.6 Å². The van der Waals surface area contributed by atoms with Gasteiger partial charge in [0.05, 0.1) is 7.11 Å². The predicted molar refractivity (Wildman–Crippen MR) is 213 cm³/mol. The normalized spacial score (nSPS) is 15.2. The molecule has 0 radical (unpaired) electrons. The number of unbranched alkanes of at least 4 members (excludes halogenated alkanes) is 1. The molecule has 5 nitrogen and oxygen atoms in total. The summed E-state index contributed by atoms with van der Waals surface area (Å²) in [5.41, 5.74) is 13.2. The van der Waals surface area contributed by atoms with Crippen LogP contribution >= 0.6 is 24.8 Å². The van der Waals surface area contributed by atoms with E-state index in [0.29, 0.717) is 25.9 Å². The number of hydrogen-bond acceptors (Lipinski definition) is 4. The zero-order valence-electron chi connectivity index (χ0n) is 30.2. The number of ether oxygens (including phenoxy) is 1.